The highest BCUT2D eigenvalue weighted by molar-refractivity contribution is 5.97. The van der Waals surface area contributed by atoms with Gasteiger partial charge in [-0.2, -0.15) is 4.99 Å². The highest BCUT2D eigenvalue weighted by atomic mass is 16.5. The van der Waals surface area contributed by atoms with Crippen LogP contribution in [0.25, 0.3) is 16.7 Å². The smallest absolute Gasteiger partial charge is 0.341 e. The number of aryl methyl sites for hydroxylation is 1. The average molecular weight is 461 g/mol. The molecule has 0 aliphatic heterocycles. The van der Waals surface area contributed by atoms with Gasteiger partial charge in [0.25, 0.3) is 11.5 Å². The lowest BCUT2D eigenvalue weighted by Gasteiger charge is -2.15. The van der Waals surface area contributed by atoms with Gasteiger partial charge in [-0.05, 0) is 43.7 Å². The lowest BCUT2D eigenvalue weighted by Crippen LogP contribution is -2.33. The predicted molar refractivity (Wildman–Crippen MR) is 124 cm³/mol. The molecule has 0 radical (unpaired) electrons. The third kappa shape index (κ3) is 4.23. The number of pyridine rings is 3. The van der Waals surface area contributed by atoms with Gasteiger partial charge in [0.1, 0.15) is 16.9 Å². The second kappa shape index (κ2) is 9.75. The van der Waals surface area contributed by atoms with Crippen molar-refractivity contribution in [3.05, 3.63) is 81.5 Å². The zero-order chi connectivity index (χ0) is 24.2. The van der Waals surface area contributed by atoms with Crippen LogP contribution in [0.2, 0.25) is 0 Å². The Labute approximate surface area is 194 Å². The van der Waals surface area contributed by atoms with E-state index in [4.69, 9.17) is 14.5 Å². The Balaban J connectivity index is 2.15. The Morgan fingerprint density at radius 2 is 2.00 bits per heavy atom. The molecular weight excluding hydrogens is 438 g/mol. The van der Waals surface area contributed by atoms with Gasteiger partial charge in [-0.3, -0.25) is 19.0 Å². The summed E-state index contributed by atoms with van der Waals surface area (Å²) >= 11 is 0. The number of hydrogen-bond donors (Lipinski definition) is 0. The standard InChI is InChI=1S/C24H23N5O5/c1-4-34-24(32)18-13-17-20(26-19-15(2)7-6-10-29(19)23(17)31)28(11-12-33-3)21(18)27-22(30)16-8-5-9-25-14-16/h5-10,13-14H,4,11-12H2,1-3H3. The number of nitrogens with zero attached hydrogens (tertiary/aromatic N) is 5. The van der Waals surface area contributed by atoms with E-state index in [2.05, 4.69) is 9.98 Å². The van der Waals surface area contributed by atoms with Gasteiger partial charge in [0.15, 0.2) is 5.49 Å². The fraction of sp³-hybridized carbons (Fsp3) is 0.250. The molecule has 0 fully saturated rings. The van der Waals surface area contributed by atoms with Crippen molar-refractivity contribution in [1.29, 1.82) is 0 Å². The van der Waals surface area contributed by atoms with E-state index in [1.165, 1.54) is 23.8 Å². The third-order valence-corrected chi connectivity index (χ3v) is 5.24. The molecule has 0 spiro atoms. The average Bonchev–Trinajstić information content (AvgIpc) is 2.84. The molecule has 4 heterocycles. The van der Waals surface area contributed by atoms with Crippen LogP contribution in [0.3, 0.4) is 0 Å². The zero-order valence-corrected chi connectivity index (χ0v) is 19.0. The van der Waals surface area contributed by atoms with Gasteiger partial charge < -0.3 is 14.0 Å². The molecule has 10 heteroatoms. The van der Waals surface area contributed by atoms with Gasteiger partial charge in [0.2, 0.25) is 0 Å². The summed E-state index contributed by atoms with van der Waals surface area (Å²) in [6, 6.07) is 8.17. The fourth-order valence-electron chi connectivity index (χ4n) is 3.61. The molecule has 174 valence electrons. The molecule has 0 aliphatic carbocycles. The van der Waals surface area contributed by atoms with Crippen LogP contribution < -0.4 is 11.0 Å². The summed E-state index contributed by atoms with van der Waals surface area (Å²) in [4.78, 5) is 52.1. The highest BCUT2D eigenvalue weighted by Crippen LogP contribution is 2.14. The summed E-state index contributed by atoms with van der Waals surface area (Å²) in [6.07, 6.45) is 4.54. The Bertz CT molecular complexity index is 1520. The fourth-order valence-corrected chi connectivity index (χ4v) is 3.61. The predicted octanol–water partition coefficient (Wildman–Crippen LogP) is 1.92. The van der Waals surface area contributed by atoms with Crippen molar-refractivity contribution in [1.82, 2.24) is 18.9 Å². The monoisotopic (exact) mass is 461 g/mol. The van der Waals surface area contributed by atoms with Gasteiger partial charge in [-0.15, -0.1) is 0 Å². The van der Waals surface area contributed by atoms with Gasteiger partial charge >= 0.3 is 5.97 Å². The van der Waals surface area contributed by atoms with Crippen LogP contribution in [0.4, 0.5) is 0 Å². The topological polar surface area (TPSA) is 117 Å². The molecule has 0 saturated carbocycles. The first-order valence-electron chi connectivity index (χ1n) is 10.7. The Hall–Kier alpha value is -4.18. The van der Waals surface area contributed by atoms with Crippen molar-refractivity contribution in [3.8, 4) is 0 Å². The second-order valence-electron chi connectivity index (χ2n) is 7.44. The first kappa shape index (κ1) is 23.0. The molecular formula is C24H23N5O5. The molecule has 0 aromatic carbocycles. The van der Waals surface area contributed by atoms with Gasteiger partial charge in [-0.25, -0.2) is 9.78 Å². The second-order valence-corrected chi connectivity index (χ2v) is 7.44. The van der Waals surface area contributed by atoms with E-state index in [0.717, 1.165) is 5.56 Å². The van der Waals surface area contributed by atoms with Crippen LogP contribution in [0.15, 0.2) is 58.7 Å². The van der Waals surface area contributed by atoms with Crippen LogP contribution in [-0.2, 0) is 16.0 Å². The molecule has 1 amide bonds. The maximum Gasteiger partial charge on any atom is 0.341 e. The van der Waals surface area contributed by atoms with Gasteiger partial charge in [0.05, 0.1) is 24.2 Å². The van der Waals surface area contributed by atoms with E-state index >= 15 is 0 Å². The van der Waals surface area contributed by atoms with E-state index in [-0.39, 0.29) is 53.0 Å². The molecule has 0 bridgehead atoms. The molecule has 4 rings (SSSR count). The highest BCUT2D eigenvalue weighted by Gasteiger charge is 2.20. The number of carbonyl (C=O) groups is 2. The molecule has 0 aliphatic rings. The number of aromatic nitrogens is 4. The Morgan fingerprint density at radius 1 is 1.18 bits per heavy atom. The molecule has 4 aromatic heterocycles. The first-order valence-corrected chi connectivity index (χ1v) is 10.7. The number of amides is 1. The van der Waals surface area contributed by atoms with E-state index in [1.54, 1.807) is 42.1 Å². The van der Waals surface area contributed by atoms with E-state index in [0.29, 0.717) is 5.65 Å². The van der Waals surface area contributed by atoms with Gasteiger partial charge in [0, 0.05) is 32.2 Å². The van der Waals surface area contributed by atoms with Crippen molar-refractivity contribution >= 4 is 28.6 Å². The summed E-state index contributed by atoms with van der Waals surface area (Å²) in [5.74, 6) is -1.31. The largest absolute Gasteiger partial charge is 0.462 e. The molecule has 10 nitrogen and oxygen atoms in total. The number of carbonyl (C=O) groups excluding carboxylic acids is 2. The number of rotatable bonds is 6. The molecule has 0 N–H and O–H groups in total. The molecule has 34 heavy (non-hydrogen) atoms. The Kier molecular flexibility index (Phi) is 6.60. The molecule has 0 unspecified atom stereocenters. The van der Waals surface area contributed by atoms with E-state index in [9.17, 15) is 14.4 Å². The van der Waals surface area contributed by atoms with E-state index < -0.39 is 11.9 Å². The van der Waals surface area contributed by atoms with Crippen LogP contribution in [0.5, 0.6) is 0 Å². The lowest BCUT2D eigenvalue weighted by atomic mass is 10.2. The van der Waals surface area contributed by atoms with Crippen LogP contribution >= 0.6 is 0 Å². The normalized spacial score (nSPS) is 11.8. The molecule has 0 atom stereocenters. The van der Waals surface area contributed by atoms with Gasteiger partial charge in [-0.1, -0.05) is 6.07 Å². The van der Waals surface area contributed by atoms with E-state index in [1.807, 2.05) is 13.0 Å². The van der Waals surface area contributed by atoms with Crippen molar-refractivity contribution in [2.45, 2.75) is 20.4 Å². The quantitative estimate of drug-likeness (QED) is 0.318. The number of hydrogen-bond acceptors (Lipinski definition) is 7. The van der Waals surface area contributed by atoms with Crippen molar-refractivity contribution in [3.63, 3.8) is 0 Å². The maximum absolute atomic E-state index is 13.4. The summed E-state index contributed by atoms with van der Waals surface area (Å²) in [7, 11) is 1.53. The summed E-state index contributed by atoms with van der Waals surface area (Å²) < 4.78 is 13.4. The molecule has 4 aromatic rings. The van der Waals surface area contributed by atoms with Crippen LogP contribution in [0.1, 0.15) is 33.2 Å². The van der Waals surface area contributed by atoms with Crippen LogP contribution in [0, 0.1) is 6.92 Å². The SMILES string of the molecule is CCOC(=O)c1cc2c(=O)n3cccc(C)c3nc2n(CCOC)c1=NC(=O)c1cccnc1. The van der Waals surface area contributed by atoms with Crippen molar-refractivity contribution in [2.75, 3.05) is 20.3 Å². The number of esters is 1. The zero-order valence-electron chi connectivity index (χ0n) is 19.0. The minimum absolute atomic E-state index is 0.0193. The minimum atomic E-state index is -0.706. The number of methoxy groups -OCH3 is 1. The maximum atomic E-state index is 13.4. The number of ether oxygens (including phenoxy) is 2. The third-order valence-electron chi connectivity index (χ3n) is 5.24. The number of fused-ring (bicyclic) bond motifs is 2. The lowest BCUT2D eigenvalue weighted by molar-refractivity contribution is 0.0523. The molecule has 0 saturated heterocycles. The van der Waals surface area contributed by atoms with Crippen LogP contribution in [-0.4, -0.2) is 51.1 Å². The summed E-state index contributed by atoms with van der Waals surface area (Å²) in [5.41, 5.74) is 1.43. The minimum Gasteiger partial charge on any atom is -0.462 e. The van der Waals surface area contributed by atoms with Crippen molar-refractivity contribution in [2.24, 2.45) is 4.99 Å². The Morgan fingerprint density at radius 3 is 2.71 bits per heavy atom. The summed E-state index contributed by atoms with van der Waals surface area (Å²) in [6.45, 7) is 4.04. The summed E-state index contributed by atoms with van der Waals surface area (Å²) in [5, 5.41) is 0.190. The van der Waals surface area contributed by atoms with Crippen molar-refractivity contribution < 1.29 is 19.1 Å². The first-order chi connectivity index (χ1) is 16.5.